The highest BCUT2D eigenvalue weighted by molar-refractivity contribution is 5.91. The molecule has 1 rings (SSSR count). The van der Waals surface area contributed by atoms with Crippen LogP contribution in [-0.2, 0) is 20.9 Å². The highest BCUT2D eigenvalue weighted by atomic mass is 19.4. The molecule has 0 aliphatic carbocycles. The first-order valence-electron chi connectivity index (χ1n) is 8.60. The summed E-state index contributed by atoms with van der Waals surface area (Å²) < 4.78 is 41.0. The van der Waals surface area contributed by atoms with E-state index < -0.39 is 30.6 Å². The first-order valence-corrected chi connectivity index (χ1v) is 8.60. The van der Waals surface area contributed by atoms with Crippen LogP contribution in [0.5, 0.6) is 5.75 Å². The van der Waals surface area contributed by atoms with E-state index in [9.17, 15) is 27.6 Å². The Morgan fingerprint density at radius 2 is 1.71 bits per heavy atom. The van der Waals surface area contributed by atoms with Gasteiger partial charge >= 0.3 is 6.18 Å². The average molecular weight is 403 g/mol. The zero-order chi connectivity index (χ0) is 21.3. The van der Waals surface area contributed by atoms with Crippen LogP contribution in [0.15, 0.2) is 24.3 Å². The van der Waals surface area contributed by atoms with Gasteiger partial charge in [-0.3, -0.25) is 14.4 Å². The molecular weight excluding hydrogens is 379 g/mol. The molecule has 156 valence electrons. The first kappa shape index (κ1) is 23.3. The molecule has 0 aliphatic rings. The maximum Gasteiger partial charge on any atom is 0.422 e. The van der Waals surface area contributed by atoms with Gasteiger partial charge in [0.25, 0.3) is 0 Å². The smallest absolute Gasteiger partial charge is 0.422 e. The molecule has 0 spiro atoms. The third-order valence-electron chi connectivity index (χ3n) is 3.44. The standard InChI is InChI=1S/C18H24F3N3O4/c1-11(2)7-16(26)24-14(8-15(22)25)17(27)23-9-12-3-5-13(6-4-12)28-10-18(19,20)21/h3-6,11,14H,7-10H2,1-2H3,(H2,22,25)(H,23,27)(H,24,26). The number of primary amides is 1. The van der Waals surface area contributed by atoms with E-state index >= 15 is 0 Å². The number of amides is 3. The molecule has 0 aliphatic heterocycles. The first-order chi connectivity index (χ1) is 13.0. The molecule has 0 aromatic heterocycles. The van der Waals surface area contributed by atoms with E-state index in [4.69, 9.17) is 5.73 Å². The summed E-state index contributed by atoms with van der Waals surface area (Å²) in [4.78, 5) is 35.3. The fourth-order valence-corrected chi connectivity index (χ4v) is 2.22. The molecule has 0 saturated carbocycles. The van der Waals surface area contributed by atoms with Gasteiger partial charge in [-0.1, -0.05) is 26.0 Å². The Morgan fingerprint density at radius 1 is 1.11 bits per heavy atom. The fourth-order valence-electron chi connectivity index (χ4n) is 2.22. The lowest BCUT2D eigenvalue weighted by Gasteiger charge is -2.18. The molecule has 4 N–H and O–H groups in total. The average Bonchev–Trinajstić information content (AvgIpc) is 2.56. The third-order valence-corrected chi connectivity index (χ3v) is 3.44. The molecule has 1 atom stereocenters. The molecule has 0 radical (unpaired) electrons. The van der Waals surface area contributed by atoms with Crippen molar-refractivity contribution in [2.45, 2.75) is 45.5 Å². The quantitative estimate of drug-likeness (QED) is 0.552. The number of hydrogen-bond donors (Lipinski definition) is 3. The van der Waals surface area contributed by atoms with Gasteiger partial charge in [0, 0.05) is 13.0 Å². The molecule has 0 heterocycles. The van der Waals surface area contributed by atoms with Gasteiger partial charge in [-0.25, -0.2) is 0 Å². The van der Waals surface area contributed by atoms with E-state index in [0.717, 1.165) is 0 Å². The summed E-state index contributed by atoms with van der Waals surface area (Å²) in [5, 5.41) is 5.03. The van der Waals surface area contributed by atoms with Crippen molar-refractivity contribution in [3.8, 4) is 5.75 Å². The lowest BCUT2D eigenvalue weighted by Crippen LogP contribution is -2.48. The van der Waals surface area contributed by atoms with Gasteiger partial charge in [0.2, 0.25) is 17.7 Å². The topological polar surface area (TPSA) is 111 Å². The van der Waals surface area contributed by atoms with Gasteiger partial charge in [-0.15, -0.1) is 0 Å². The number of ether oxygens (including phenoxy) is 1. The van der Waals surface area contributed by atoms with Crippen LogP contribution in [0.25, 0.3) is 0 Å². The number of nitrogens with one attached hydrogen (secondary N) is 2. The van der Waals surface area contributed by atoms with Gasteiger partial charge < -0.3 is 21.1 Å². The summed E-state index contributed by atoms with van der Waals surface area (Å²) in [6, 6.07) is 4.58. The van der Waals surface area contributed by atoms with Crippen molar-refractivity contribution in [1.29, 1.82) is 0 Å². The Kier molecular flexibility index (Phi) is 8.75. The molecule has 10 heteroatoms. The number of carbonyl (C=O) groups excluding carboxylic acids is 3. The number of alkyl halides is 3. The van der Waals surface area contributed by atoms with Gasteiger partial charge in [-0.2, -0.15) is 13.2 Å². The van der Waals surface area contributed by atoms with Crippen molar-refractivity contribution in [3.05, 3.63) is 29.8 Å². The molecular formula is C18H24F3N3O4. The van der Waals surface area contributed by atoms with E-state index in [0.29, 0.717) is 5.56 Å². The maximum absolute atomic E-state index is 12.3. The largest absolute Gasteiger partial charge is 0.484 e. The second-order valence-electron chi connectivity index (χ2n) is 6.65. The van der Waals surface area contributed by atoms with Crippen LogP contribution in [0.1, 0.15) is 32.3 Å². The molecule has 0 fully saturated rings. The van der Waals surface area contributed by atoms with E-state index in [-0.39, 0.29) is 37.0 Å². The van der Waals surface area contributed by atoms with E-state index in [1.807, 2.05) is 13.8 Å². The van der Waals surface area contributed by atoms with Gasteiger partial charge in [0.15, 0.2) is 6.61 Å². The number of hydrogen-bond acceptors (Lipinski definition) is 4. The predicted octanol–water partition coefficient (Wildman–Crippen LogP) is 1.65. The minimum atomic E-state index is -4.43. The summed E-state index contributed by atoms with van der Waals surface area (Å²) in [5.41, 5.74) is 5.72. The number of rotatable bonds is 10. The highest BCUT2D eigenvalue weighted by Crippen LogP contribution is 2.18. The number of carbonyl (C=O) groups is 3. The summed E-state index contributed by atoms with van der Waals surface area (Å²) in [6.45, 7) is 2.33. The van der Waals surface area contributed by atoms with Crippen molar-refractivity contribution >= 4 is 17.7 Å². The second-order valence-corrected chi connectivity index (χ2v) is 6.65. The van der Waals surface area contributed by atoms with Crippen LogP contribution in [0.3, 0.4) is 0 Å². The molecule has 28 heavy (non-hydrogen) atoms. The Balaban J connectivity index is 2.60. The molecule has 1 unspecified atom stereocenters. The maximum atomic E-state index is 12.3. The number of nitrogens with two attached hydrogens (primary N) is 1. The Hall–Kier alpha value is -2.78. The summed E-state index contributed by atoms with van der Waals surface area (Å²) in [5.74, 6) is -1.58. The zero-order valence-electron chi connectivity index (χ0n) is 15.6. The fraction of sp³-hybridized carbons (Fsp3) is 0.500. The lowest BCUT2D eigenvalue weighted by atomic mass is 10.1. The molecule has 1 aromatic rings. The number of halogens is 3. The minimum absolute atomic E-state index is 0.0416. The van der Waals surface area contributed by atoms with Crippen molar-refractivity contribution in [2.24, 2.45) is 11.7 Å². The lowest BCUT2D eigenvalue weighted by molar-refractivity contribution is -0.153. The van der Waals surface area contributed by atoms with Crippen molar-refractivity contribution in [1.82, 2.24) is 10.6 Å². The van der Waals surface area contributed by atoms with Crippen molar-refractivity contribution in [2.75, 3.05) is 6.61 Å². The van der Waals surface area contributed by atoms with Crippen LogP contribution in [0.2, 0.25) is 0 Å². The van der Waals surface area contributed by atoms with Gasteiger partial charge in [-0.05, 0) is 23.6 Å². The van der Waals surface area contributed by atoms with Crippen LogP contribution < -0.4 is 21.1 Å². The van der Waals surface area contributed by atoms with E-state index in [1.54, 1.807) is 0 Å². The van der Waals surface area contributed by atoms with E-state index in [1.165, 1.54) is 24.3 Å². The van der Waals surface area contributed by atoms with Gasteiger partial charge in [0.05, 0.1) is 6.42 Å². The molecule has 0 saturated heterocycles. The molecule has 3 amide bonds. The van der Waals surface area contributed by atoms with Crippen LogP contribution in [-0.4, -0.2) is 36.5 Å². The normalized spacial score (nSPS) is 12.4. The van der Waals surface area contributed by atoms with E-state index in [2.05, 4.69) is 15.4 Å². The Labute approximate surface area is 160 Å². The number of benzene rings is 1. The zero-order valence-corrected chi connectivity index (χ0v) is 15.6. The Bertz CT molecular complexity index is 676. The summed E-state index contributed by atoms with van der Waals surface area (Å²) >= 11 is 0. The second kappa shape index (κ2) is 10.5. The molecule has 1 aromatic carbocycles. The Morgan fingerprint density at radius 3 is 2.21 bits per heavy atom. The van der Waals surface area contributed by atoms with Gasteiger partial charge in [0.1, 0.15) is 11.8 Å². The van der Waals surface area contributed by atoms with Crippen molar-refractivity contribution in [3.63, 3.8) is 0 Å². The summed E-state index contributed by atoms with van der Waals surface area (Å²) in [7, 11) is 0. The SMILES string of the molecule is CC(C)CC(=O)NC(CC(N)=O)C(=O)NCc1ccc(OCC(F)(F)F)cc1. The minimum Gasteiger partial charge on any atom is -0.484 e. The molecule has 7 nitrogen and oxygen atoms in total. The third kappa shape index (κ3) is 9.79. The predicted molar refractivity (Wildman–Crippen MR) is 95.0 cm³/mol. The molecule has 0 bridgehead atoms. The monoisotopic (exact) mass is 403 g/mol. The van der Waals surface area contributed by atoms with Crippen LogP contribution in [0.4, 0.5) is 13.2 Å². The van der Waals surface area contributed by atoms with Crippen molar-refractivity contribution < 1.29 is 32.3 Å². The van der Waals surface area contributed by atoms with Crippen LogP contribution in [0, 0.1) is 5.92 Å². The highest BCUT2D eigenvalue weighted by Gasteiger charge is 2.28. The van der Waals surface area contributed by atoms with Crippen LogP contribution >= 0.6 is 0 Å². The summed E-state index contributed by atoms with van der Waals surface area (Å²) in [6.07, 6.45) is -4.58.